The van der Waals surface area contributed by atoms with Gasteiger partial charge in [0, 0.05) is 25.8 Å². The number of benzene rings is 1. The summed E-state index contributed by atoms with van der Waals surface area (Å²) in [7, 11) is 4.06. The SMILES string of the molecule is COc1ccc(NC(=O)c2ccc3c(=O)n(C)c(=O)n(C)c3n2)cc1OC(F)F. The van der Waals surface area contributed by atoms with Crippen LogP contribution in [-0.2, 0) is 14.1 Å². The lowest BCUT2D eigenvalue weighted by atomic mass is 10.2. The number of rotatable bonds is 5. The number of ether oxygens (including phenoxy) is 2. The van der Waals surface area contributed by atoms with Crippen LogP contribution in [0.2, 0.25) is 0 Å². The first-order valence-electron chi connectivity index (χ1n) is 8.24. The minimum Gasteiger partial charge on any atom is -0.493 e. The van der Waals surface area contributed by atoms with Gasteiger partial charge >= 0.3 is 12.3 Å². The first-order valence-corrected chi connectivity index (χ1v) is 8.24. The summed E-state index contributed by atoms with van der Waals surface area (Å²) >= 11 is 0. The van der Waals surface area contributed by atoms with E-state index in [-0.39, 0.29) is 33.9 Å². The fourth-order valence-electron chi connectivity index (χ4n) is 2.72. The molecule has 1 N–H and O–H groups in total. The maximum atomic E-state index is 12.5. The van der Waals surface area contributed by atoms with E-state index in [0.29, 0.717) is 0 Å². The highest BCUT2D eigenvalue weighted by Gasteiger charge is 2.16. The molecule has 2 heterocycles. The quantitative estimate of drug-likeness (QED) is 0.689. The molecule has 3 aromatic rings. The monoisotopic (exact) mass is 406 g/mol. The van der Waals surface area contributed by atoms with Crippen molar-refractivity contribution in [2.75, 3.05) is 12.4 Å². The second kappa shape index (κ2) is 7.70. The molecule has 0 unspecified atom stereocenters. The Hall–Kier alpha value is -3.76. The molecule has 0 aliphatic carbocycles. The van der Waals surface area contributed by atoms with Crippen LogP contribution in [0.4, 0.5) is 14.5 Å². The number of pyridine rings is 1. The average Bonchev–Trinajstić information content (AvgIpc) is 2.70. The van der Waals surface area contributed by atoms with E-state index in [4.69, 9.17) is 4.74 Å². The summed E-state index contributed by atoms with van der Waals surface area (Å²) in [5.74, 6) is -0.858. The summed E-state index contributed by atoms with van der Waals surface area (Å²) < 4.78 is 36.5. The third-order valence-electron chi connectivity index (χ3n) is 4.17. The van der Waals surface area contributed by atoms with Gasteiger partial charge in [-0.25, -0.2) is 9.78 Å². The summed E-state index contributed by atoms with van der Waals surface area (Å²) in [4.78, 5) is 40.9. The van der Waals surface area contributed by atoms with Gasteiger partial charge in [0.2, 0.25) is 0 Å². The Kier molecular flexibility index (Phi) is 5.31. The zero-order chi connectivity index (χ0) is 21.3. The van der Waals surface area contributed by atoms with Crippen molar-refractivity contribution in [3.63, 3.8) is 0 Å². The number of aryl methyl sites for hydroxylation is 1. The second-order valence-electron chi connectivity index (χ2n) is 5.97. The van der Waals surface area contributed by atoms with Crippen molar-refractivity contribution in [2.45, 2.75) is 6.61 Å². The molecule has 0 aliphatic rings. The van der Waals surface area contributed by atoms with Crippen LogP contribution in [-0.4, -0.2) is 33.7 Å². The van der Waals surface area contributed by atoms with Crippen LogP contribution in [0.3, 0.4) is 0 Å². The zero-order valence-corrected chi connectivity index (χ0v) is 15.6. The van der Waals surface area contributed by atoms with Gasteiger partial charge in [-0.1, -0.05) is 0 Å². The van der Waals surface area contributed by atoms with Crippen LogP contribution in [0.25, 0.3) is 11.0 Å². The van der Waals surface area contributed by atoms with Crippen molar-refractivity contribution >= 4 is 22.6 Å². The Labute approximate surface area is 162 Å². The Morgan fingerprint density at radius 1 is 1.10 bits per heavy atom. The predicted octanol–water partition coefficient (Wildman–Crippen LogP) is 1.49. The number of carbonyl (C=O) groups is 1. The van der Waals surface area contributed by atoms with Crippen molar-refractivity contribution in [1.29, 1.82) is 0 Å². The van der Waals surface area contributed by atoms with Gasteiger partial charge in [0.1, 0.15) is 11.3 Å². The number of fused-ring (bicyclic) bond motifs is 1. The van der Waals surface area contributed by atoms with E-state index in [9.17, 15) is 23.2 Å². The molecule has 2 aromatic heterocycles. The molecule has 11 heteroatoms. The summed E-state index contributed by atoms with van der Waals surface area (Å²) in [6.45, 7) is -3.07. The Balaban J connectivity index is 1.96. The first-order chi connectivity index (χ1) is 13.7. The van der Waals surface area contributed by atoms with Crippen molar-refractivity contribution in [1.82, 2.24) is 14.1 Å². The third kappa shape index (κ3) is 3.79. The predicted molar refractivity (Wildman–Crippen MR) is 99.8 cm³/mol. The highest BCUT2D eigenvalue weighted by Crippen LogP contribution is 2.31. The number of halogens is 2. The topological polar surface area (TPSA) is 104 Å². The maximum absolute atomic E-state index is 12.5. The van der Waals surface area contributed by atoms with Crippen LogP contribution >= 0.6 is 0 Å². The molecular formula is C18H16F2N4O5. The van der Waals surface area contributed by atoms with Crippen LogP contribution in [0.1, 0.15) is 10.5 Å². The number of aromatic nitrogens is 3. The standard InChI is InChI=1S/C18H16F2N4O5/c1-23-14-10(16(26)24(2)18(23)27)5-6-11(22-14)15(25)21-9-4-7-12(28-3)13(8-9)29-17(19)20/h4-8,17H,1-3H3,(H,21,25). The van der Waals surface area contributed by atoms with E-state index in [0.717, 1.165) is 9.13 Å². The smallest absolute Gasteiger partial charge is 0.387 e. The highest BCUT2D eigenvalue weighted by atomic mass is 19.3. The van der Waals surface area contributed by atoms with Crippen molar-refractivity contribution < 1.29 is 23.0 Å². The minimum atomic E-state index is -3.07. The minimum absolute atomic E-state index is 0.0437. The molecule has 1 aromatic carbocycles. The Bertz CT molecular complexity index is 1220. The molecule has 0 bridgehead atoms. The summed E-state index contributed by atoms with van der Waals surface area (Å²) in [5, 5.41) is 2.66. The van der Waals surface area contributed by atoms with Gasteiger partial charge in [-0.2, -0.15) is 8.78 Å². The highest BCUT2D eigenvalue weighted by molar-refractivity contribution is 6.04. The van der Waals surface area contributed by atoms with Gasteiger partial charge in [0.05, 0.1) is 12.5 Å². The van der Waals surface area contributed by atoms with Crippen molar-refractivity contribution in [2.24, 2.45) is 14.1 Å². The molecule has 0 radical (unpaired) electrons. The second-order valence-corrected chi connectivity index (χ2v) is 5.97. The summed E-state index contributed by atoms with van der Waals surface area (Å²) in [6, 6.07) is 6.67. The lowest BCUT2D eigenvalue weighted by molar-refractivity contribution is -0.0511. The van der Waals surface area contributed by atoms with Crippen LogP contribution < -0.4 is 26.0 Å². The molecule has 0 atom stereocenters. The van der Waals surface area contributed by atoms with Crippen LogP contribution in [0, 0.1) is 0 Å². The number of anilines is 1. The molecule has 0 aliphatic heterocycles. The molecule has 29 heavy (non-hydrogen) atoms. The number of carbonyl (C=O) groups excluding carboxylic acids is 1. The van der Waals surface area contributed by atoms with E-state index >= 15 is 0 Å². The first kappa shape index (κ1) is 20.0. The lowest BCUT2D eigenvalue weighted by Crippen LogP contribution is -2.37. The van der Waals surface area contributed by atoms with Gasteiger partial charge in [-0.05, 0) is 24.3 Å². The van der Waals surface area contributed by atoms with Gasteiger partial charge in [-0.3, -0.25) is 18.7 Å². The molecule has 0 spiro atoms. The molecule has 9 nitrogen and oxygen atoms in total. The van der Waals surface area contributed by atoms with E-state index in [1.165, 1.54) is 51.5 Å². The van der Waals surface area contributed by atoms with Crippen LogP contribution in [0.5, 0.6) is 11.5 Å². The molecular weight excluding hydrogens is 390 g/mol. The normalized spacial score (nSPS) is 11.0. The van der Waals surface area contributed by atoms with Crippen molar-refractivity contribution in [3.8, 4) is 11.5 Å². The number of nitrogens with zero attached hydrogens (tertiary/aromatic N) is 3. The molecule has 0 fully saturated rings. The number of amides is 1. The molecule has 3 rings (SSSR count). The number of hydrogen-bond acceptors (Lipinski definition) is 6. The van der Waals surface area contributed by atoms with E-state index in [1.807, 2.05) is 0 Å². The van der Waals surface area contributed by atoms with Gasteiger partial charge in [0.25, 0.3) is 11.5 Å². The van der Waals surface area contributed by atoms with Crippen molar-refractivity contribution in [3.05, 3.63) is 56.9 Å². The number of nitrogens with one attached hydrogen (secondary N) is 1. The number of methoxy groups -OCH3 is 1. The van der Waals surface area contributed by atoms with E-state index in [2.05, 4.69) is 15.0 Å². The van der Waals surface area contributed by atoms with E-state index < -0.39 is 23.8 Å². The molecule has 0 saturated carbocycles. The van der Waals surface area contributed by atoms with Gasteiger partial charge < -0.3 is 14.8 Å². The third-order valence-corrected chi connectivity index (χ3v) is 4.17. The fourth-order valence-corrected chi connectivity index (χ4v) is 2.72. The number of hydrogen-bond donors (Lipinski definition) is 1. The summed E-state index contributed by atoms with van der Waals surface area (Å²) in [5.41, 5.74) is -0.996. The molecule has 0 saturated heterocycles. The molecule has 1 amide bonds. The Morgan fingerprint density at radius 3 is 2.48 bits per heavy atom. The molecule has 152 valence electrons. The lowest BCUT2D eigenvalue weighted by Gasteiger charge is -2.12. The Morgan fingerprint density at radius 2 is 1.83 bits per heavy atom. The van der Waals surface area contributed by atoms with Gasteiger partial charge in [-0.15, -0.1) is 0 Å². The zero-order valence-electron chi connectivity index (χ0n) is 15.6. The van der Waals surface area contributed by atoms with Crippen LogP contribution in [0.15, 0.2) is 39.9 Å². The summed E-state index contributed by atoms with van der Waals surface area (Å²) in [6.07, 6.45) is 0. The largest absolute Gasteiger partial charge is 0.493 e. The number of alkyl halides is 2. The fraction of sp³-hybridized carbons (Fsp3) is 0.222. The van der Waals surface area contributed by atoms with Gasteiger partial charge in [0.15, 0.2) is 11.5 Å². The average molecular weight is 406 g/mol. The maximum Gasteiger partial charge on any atom is 0.387 e. The van der Waals surface area contributed by atoms with E-state index in [1.54, 1.807) is 0 Å².